The van der Waals surface area contributed by atoms with Gasteiger partial charge in [-0.05, 0) is 13.2 Å². The molecule has 94 valence electrons. The largest absolute Gasteiger partial charge is 0.388 e. The molecular formula is C10H19NO4S. The summed E-state index contributed by atoms with van der Waals surface area (Å²) in [5.74, 6) is 0. The summed E-state index contributed by atoms with van der Waals surface area (Å²) in [7, 11) is 0. The number of nitrogens with two attached hydrogens (primary N) is 1. The third kappa shape index (κ3) is 2.58. The van der Waals surface area contributed by atoms with Gasteiger partial charge in [0, 0.05) is 0 Å². The molecule has 1 fully saturated rings. The smallest absolute Gasteiger partial charge is 0.132 e. The van der Waals surface area contributed by atoms with Crippen molar-refractivity contribution in [2.75, 3.05) is 6.26 Å². The lowest BCUT2D eigenvalue weighted by molar-refractivity contribution is -0.200. The summed E-state index contributed by atoms with van der Waals surface area (Å²) in [5, 5.41) is 29.1. The Morgan fingerprint density at radius 1 is 1.31 bits per heavy atom. The third-order valence-corrected chi connectivity index (χ3v) is 3.62. The molecule has 0 aromatic rings. The summed E-state index contributed by atoms with van der Waals surface area (Å²) >= 11 is 1.26. The molecule has 1 aliphatic heterocycles. The molecule has 0 amide bonds. The highest BCUT2D eigenvalue weighted by molar-refractivity contribution is 7.99. The second-order valence-electron chi connectivity index (χ2n) is 4.05. The number of rotatable bonds is 3. The number of hydrogen-bond acceptors (Lipinski definition) is 6. The molecule has 6 unspecified atom stereocenters. The Bertz CT molecular complexity index is 261. The van der Waals surface area contributed by atoms with Gasteiger partial charge < -0.3 is 25.8 Å². The van der Waals surface area contributed by atoms with Crippen LogP contribution in [0.1, 0.15) is 6.92 Å². The Balaban J connectivity index is 2.82. The lowest BCUT2D eigenvalue weighted by atomic mass is 9.92. The summed E-state index contributed by atoms with van der Waals surface area (Å²) in [6.45, 7) is 5.42. The number of ether oxygens (including phenoxy) is 1. The van der Waals surface area contributed by atoms with Crippen molar-refractivity contribution in [2.24, 2.45) is 5.73 Å². The van der Waals surface area contributed by atoms with Crippen LogP contribution in [0.2, 0.25) is 0 Å². The van der Waals surface area contributed by atoms with E-state index in [-0.39, 0.29) is 0 Å². The molecule has 1 saturated heterocycles. The highest BCUT2D eigenvalue weighted by Crippen LogP contribution is 2.29. The summed E-state index contributed by atoms with van der Waals surface area (Å²) < 4.78 is 5.47. The molecule has 0 saturated carbocycles. The highest BCUT2D eigenvalue weighted by atomic mass is 32.2. The molecule has 5 N–H and O–H groups in total. The molecule has 6 atom stereocenters. The minimum Gasteiger partial charge on any atom is -0.388 e. The maximum absolute atomic E-state index is 9.78. The van der Waals surface area contributed by atoms with E-state index in [9.17, 15) is 15.3 Å². The number of aliphatic hydroxyl groups is 3. The molecule has 16 heavy (non-hydrogen) atoms. The Labute approximate surface area is 99.3 Å². The molecule has 1 heterocycles. The zero-order valence-corrected chi connectivity index (χ0v) is 10.2. The topological polar surface area (TPSA) is 95.9 Å². The maximum atomic E-state index is 9.78. The van der Waals surface area contributed by atoms with Crippen LogP contribution in [0, 0.1) is 0 Å². The average Bonchev–Trinajstić information content (AvgIpc) is 2.25. The average molecular weight is 249 g/mol. The number of hydrogen-bond donors (Lipinski definition) is 4. The van der Waals surface area contributed by atoms with E-state index in [4.69, 9.17) is 10.5 Å². The zero-order chi connectivity index (χ0) is 12.5. The van der Waals surface area contributed by atoms with Crippen molar-refractivity contribution in [1.29, 1.82) is 0 Å². The maximum Gasteiger partial charge on any atom is 0.132 e. The van der Waals surface area contributed by atoms with Gasteiger partial charge in [-0.15, -0.1) is 11.8 Å². The Hall–Kier alpha value is -0.110. The predicted molar refractivity (Wildman–Crippen MR) is 63.0 cm³/mol. The quantitative estimate of drug-likeness (QED) is 0.482. The molecule has 0 aliphatic carbocycles. The Morgan fingerprint density at radius 2 is 1.88 bits per heavy atom. The van der Waals surface area contributed by atoms with E-state index >= 15 is 0 Å². The van der Waals surface area contributed by atoms with Gasteiger partial charge in [0.2, 0.25) is 0 Å². The van der Waals surface area contributed by atoms with Gasteiger partial charge in [0.15, 0.2) is 0 Å². The van der Waals surface area contributed by atoms with Crippen LogP contribution < -0.4 is 5.73 Å². The molecule has 0 aromatic heterocycles. The van der Waals surface area contributed by atoms with Gasteiger partial charge >= 0.3 is 0 Å². The zero-order valence-electron chi connectivity index (χ0n) is 9.41. The molecular weight excluding hydrogens is 230 g/mol. The first-order chi connectivity index (χ1) is 7.40. The standard InChI is InChI=1S/C10H19NO4S/c1-4(2)5(11)9-7(13)6(12)8(14)10(15-9)16-3/h5-10,12-14H,1,11H2,2-3H3. The molecule has 1 aliphatic rings. The molecule has 0 spiro atoms. The van der Waals surface area contributed by atoms with E-state index in [1.54, 1.807) is 13.2 Å². The van der Waals surface area contributed by atoms with E-state index in [0.717, 1.165) is 0 Å². The Kier molecular flexibility index (Phi) is 4.78. The molecule has 1 rings (SSSR count). The molecule has 6 heteroatoms. The summed E-state index contributed by atoms with van der Waals surface area (Å²) in [6, 6.07) is -0.563. The van der Waals surface area contributed by atoms with E-state index in [0.29, 0.717) is 5.57 Å². The van der Waals surface area contributed by atoms with Gasteiger partial charge in [0.25, 0.3) is 0 Å². The van der Waals surface area contributed by atoms with Gasteiger partial charge in [0.05, 0.1) is 6.04 Å². The van der Waals surface area contributed by atoms with Crippen LogP contribution in [-0.4, -0.2) is 57.5 Å². The number of thioether (sulfide) groups is 1. The summed E-state index contributed by atoms with van der Waals surface area (Å²) in [4.78, 5) is 0. The highest BCUT2D eigenvalue weighted by Gasteiger charge is 2.45. The van der Waals surface area contributed by atoms with Crippen LogP contribution in [-0.2, 0) is 4.74 Å². The molecule has 0 bridgehead atoms. The first-order valence-corrected chi connectivity index (χ1v) is 6.32. The molecule has 5 nitrogen and oxygen atoms in total. The first kappa shape index (κ1) is 14.0. The lowest BCUT2D eigenvalue weighted by Gasteiger charge is -2.42. The minimum absolute atomic E-state index is 0.563. The fourth-order valence-electron chi connectivity index (χ4n) is 1.65. The van der Waals surface area contributed by atoms with Gasteiger partial charge in [-0.1, -0.05) is 12.2 Å². The Morgan fingerprint density at radius 3 is 2.31 bits per heavy atom. The van der Waals surface area contributed by atoms with Gasteiger partial charge in [0.1, 0.15) is 29.9 Å². The second-order valence-corrected chi connectivity index (χ2v) is 4.98. The van der Waals surface area contributed by atoms with Crippen molar-refractivity contribution in [3.63, 3.8) is 0 Å². The van der Waals surface area contributed by atoms with E-state index in [2.05, 4.69) is 6.58 Å². The van der Waals surface area contributed by atoms with Gasteiger partial charge in [-0.2, -0.15) is 0 Å². The monoisotopic (exact) mass is 249 g/mol. The third-order valence-electron chi connectivity index (χ3n) is 2.76. The molecule has 0 aromatic carbocycles. The van der Waals surface area contributed by atoms with Crippen molar-refractivity contribution in [2.45, 2.75) is 42.8 Å². The van der Waals surface area contributed by atoms with Crippen molar-refractivity contribution in [3.8, 4) is 0 Å². The van der Waals surface area contributed by atoms with Crippen LogP contribution >= 0.6 is 11.8 Å². The van der Waals surface area contributed by atoms with Crippen LogP contribution in [0.3, 0.4) is 0 Å². The van der Waals surface area contributed by atoms with Crippen molar-refractivity contribution < 1.29 is 20.1 Å². The fourth-order valence-corrected chi connectivity index (χ4v) is 2.32. The number of aliphatic hydroxyl groups excluding tert-OH is 3. The van der Waals surface area contributed by atoms with Crippen LogP contribution in [0.25, 0.3) is 0 Å². The summed E-state index contributed by atoms with van der Waals surface area (Å²) in [6.07, 6.45) is -2.56. The minimum atomic E-state index is -1.25. The fraction of sp³-hybridized carbons (Fsp3) is 0.800. The lowest BCUT2D eigenvalue weighted by Crippen LogP contribution is -2.61. The van der Waals surface area contributed by atoms with Gasteiger partial charge in [-0.3, -0.25) is 0 Å². The predicted octanol–water partition coefficient (Wildman–Crippen LogP) is -0.940. The molecule has 0 radical (unpaired) electrons. The van der Waals surface area contributed by atoms with Crippen LogP contribution in [0.5, 0.6) is 0 Å². The van der Waals surface area contributed by atoms with E-state index in [1.165, 1.54) is 11.8 Å². The normalized spacial score (nSPS) is 41.8. The second kappa shape index (κ2) is 5.48. The van der Waals surface area contributed by atoms with E-state index in [1.807, 2.05) is 0 Å². The van der Waals surface area contributed by atoms with Crippen LogP contribution in [0.15, 0.2) is 12.2 Å². The van der Waals surface area contributed by atoms with Crippen LogP contribution in [0.4, 0.5) is 0 Å². The van der Waals surface area contributed by atoms with Crippen molar-refractivity contribution >= 4 is 11.8 Å². The summed E-state index contributed by atoms with van der Waals surface area (Å²) in [5.41, 5.74) is 5.89. The van der Waals surface area contributed by atoms with Gasteiger partial charge in [-0.25, -0.2) is 0 Å². The van der Waals surface area contributed by atoms with Crippen molar-refractivity contribution in [1.82, 2.24) is 0 Å². The first-order valence-electron chi connectivity index (χ1n) is 5.03. The van der Waals surface area contributed by atoms with Crippen molar-refractivity contribution in [3.05, 3.63) is 12.2 Å². The SMILES string of the molecule is C=C(C)C(N)C1OC(SC)C(O)C(O)C1O. The van der Waals surface area contributed by atoms with E-state index < -0.39 is 35.9 Å².